The van der Waals surface area contributed by atoms with Crippen molar-refractivity contribution in [1.29, 1.82) is 0 Å². The summed E-state index contributed by atoms with van der Waals surface area (Å²) in [6, 6.07) is 0. The van der Waals surface area contributed by atoms with Crippen LogP contribution in [0.5, 0.6) is 0 Å². The first-order chi connectivity index (χ1) is 10.2. The SMILES string of the molecule is CC1(/C=C\C/C=C\CCCO)C=CC2(C=CCC=C2)C=C1. The molecule has 1 N–H and O–H groups in total. The molecule has 0 aliphatic heterocycles. The van der Waals surface area contributed by atoms with E-state index in [-0.39, 0.29) is 17.4 Å². The minimum absolute atomic E-state index is 0.00972. The molecule has 0 aromatic rings. The van der Waals surface area contributed by atoms with E-state index in [4.69, 9.17) is 5.11 Å². The molecule has 0 heterocycles. The lowest BCUT2D eigenvalue weighted by molar-refractivity contribution is 0.289. The van der Waals surface area contributed by atoms with Crippen molar-refractivity contribution in [3.05, 3.63) is 72.9 Å². The first-order valence-electron chi connectivity index (χ1n) is 7.88. The molecule has 2 rings (SSSR count). The summed E-state index contributed by atoms with van der Waals surface area (Å²) in [6.45, 7) is 2.51. The summed E-state index contributed by atoms with van der Waals surface area (Å²) in [4.78, 5) is 0. The lowest BCUT2D eigenvalue weighted by atomic mass is 9.74. The second kappa shape index (κ2) is 7.42. The summed E-state index contributed by atoms with van der Waals surface area (Å²) in [7, 11) is 0. The first kappa shape index (κ1) is 15.8. The number of hydrogen-bond acceptors (Lipinski definition) is 1. The van der Waals surface area contributed by atoms with Crippen molar-refractivity contribution in [1.82, 2.24) is 0 Å². The van der Waals surface area contributed by atoms with Gasteiger partial charge in [0.15, 0.2) is 0 Å². The Morgan fingerprint density at radius 2 is 1.67 bits per heavy atom. The van der Waals surface area contributed by atoms with Gasteiger partial charge in [-0.1, -0.05) is 72.9 Å². The van der Waals surface area contributed by atoms with Crippen molar-refractivity contribution in [3.8, 4) is 0 Å². The van der Waals surface area contributed by atoms with Crippen LogP contribution in [0.25, 0.3) is 0 Å². The molecule has 0 atom stereocenters. The molecule has 0 saturated heterocycles. The highest BCUT2D eigenvalue weighted by atomic mass is 16.2. The number of aliphatic hydroxyl groups is 1. The van der Waals surface area contributed by atoms with Gasteiger partial charge >= 0.3 is 0 Å². The van der Waals surface area contributed by atoms with Gasteiger partial charge in [0, 0.05) is 17.4 Å². The number of unbranched alkanes of at least 4 members (excludes halogenated alkanes) is 1. The smallest absolute Gasteiger partial charge is 0.0433 e. The molecule has 0 unspecified atom stereocenters. The van der Waals surface area contributed by atoms with Crippen molar-refractivity contribution in [3.63, 3.8) is 0 Å². The van der Waals surface area contributed by atoms with Gasteiger partial charge in [-0.05, 0) is 32.6 Å². The molecular formula is C20H26O. The van der Waals surface area contributed by atoms with Gasteiger partial charge in [0.25, 0.3) is 0 Å². The Labute approximate surface area is 128 Å². The van der Waals surface area contributed by atoms with Crippen LogP contribution in [0.4, 0.5) is 0 Å². The molecule has 21 heavy (non-hydrogen) atoms. The van der Waals surface area contributed by atoms with E-state index in [9.17, 15) is 0 Å². The maximum Gasteiger partial charge on any atom is 0.0433 e. The second-order valence-electron chi connectivity index (χ2n) is 6.05. The molecule has 1 spiro atoms. The van der Waals surface area contributed by atoms with Crippen molar-refractivity contribution in [2.45, 2.75) is 32.6 Å². The predicted molar refractivity (Wildman–Crippen MR) is 90.9 cm³/mol. The van der Waals surface area contributed by atoms with Crippen LogP contribution in [0.1, 0.15) is 32.6 Å². The van der Waals surface area contributed by atoms with Crippen LogP contribution >= 0.6 is 0 Å². The highest BCUT2D eigenvalue weighted by molar-refractivity contribution is 5.39. The molecule has 0 saturated carbocycles. The maximum atomic E-state index is 8.71. The monoisotopic (exact) mass is 282 g/mol. The summed E-state index contributed by atoms with van der Waals surface area (Å²) in [5.41, 5.74) is 0.0269. The molecule has 1 heteroatoms. The fourth-order valence-electron chi connectivity index (χ4n) is 2.59. The Hall–Kier alpha value is -1.60. The van der Waals surface area contributed by atoms with Crippen molar-refractivity contribution in [2.75, 3.05) is 6.61 Å². The fraction of sp³-hybridized carbons (Fsp3) is 0.400. The molecule has 112 valence electrons. The average molecular weight is 282 g/mol. The lowest BCUT2D eigenvalue weighted by Gasteiger charge is -2.30. The third kappa shape index (κ3) is 4.71. The summed E-state index contributed by atoms with van der Waals surface area (Å²) in [6.07, 6.45) is 30.8. The molecule has 0 amide bonds. The maximum absolute atomic E-state index is 8.71. The molecule has 2 aliphatic rings. The molecule has 0 fully saturated rings. The first-order valence-corrected chi connectivity index (χ1v) is 7.88. The zero-order valence-corrected chi connectivity index (χ0v) is 12.9. The molecule has 1 nitrogen and oxygen atoms in total. The van der Waals surface area contributed by atoms with E-state index in [1.807, 2.05) is 0 Å². The largest absolute Gasteiger partial charge is 0.396 e. The third-order valence-electron chi connectivity index (χ3n) is 3.99. The Morgan fingerprint density at radius 3 is 2.33 bits per heavy atom. The van der Waals surface area contributed by atoms with Crippen LogP contribution in [0.15, 0.2) is 72.9 Å². The van der Waals surface area contributed by atoms with E-state index >= 15 is 0 Å². The quantitative estimate of drug-likeness (QED) is 0.543. The van der Waals surface area contributed by atoms with E-state index < -0.39 is 0 Å². The minimum atomic E-state index is 0.00972. The molecule has 0 radical (unpaired) electrons. The van der Waals surface area contributed by atoms with Gasteiger partial charge in [0.1, 0.15) is 0 Å². The van der Waals surface area contributed by atoms with Crippen molar-refractivity contribution in [2.24, 2.45) is 10.8 Å². The lowest BCUT2D eigenvalue weighted by Crippen LogP contribution is -2.18. The second-order valence-corrected chi connectivity index (χ2v) is 6.05. The molecule has 0 aromatic carbocycles. The summed E-state index contributed by atoms with van der Waals surface area (Å²) >= 11 is 0. The van der Waals surface area contributed by atoms with E-state index in [0.717, 1.165) is 25.7 Å². The number of allylic oxidation sites excluding steroid dienone is 12. The van der Waals surface area contributed by atoms with Crippen LogP contribution < -0.4 is 0 Å². The van der Waals surface area contributed by atoms with E-state index in [1.165, 1.54) is 0 Å². The van der Waals surface area contributed by atoms with Crippen LogP contribution in [0, 0.1) is 10.8 Å². The van der Waals surface area contributed by atoms with Crippen molar-refractivity contribution < 1.29 is 5.11 Å². The van der Waals surface area contributed by atoms with Gasteiger partial charge in [0.2, 0.25) is 0 Å². The van der Waals surface area contributed by atoms with Crippen LogP contribution in [0.2, 0.25) is 0 Å². The summed E-state index contributed by atoms with van der Waals surface area (Å²) < 4.78 is 0. The Balaban J connectivity index is 1.87. The number of hydrogen-bond donors (Lipinski definition) is 1. The highest BCUT2D eigenvalue weighted by Gasteiger charge is 2.26. The average Bonchev–Trinajstić information content (AvgIpc) is 2.51. The van der Waals surface area contributed by atoms with Gasteiger partial charge < -0.3 is 5.11 Å². The Morgan fingerprint density at radius 1 is 0.952 bits per heavy atom. The van der Waals surface area contributed by atoms with Gasteiger partial charge in [0.05, 0.1) is 0 Å². The Kier molecular flexibility index (Phi) is 5.58. The standard InChI is InChI=1S/C20H26O/c1-19(11-7-4-2-3-5-10-18-21)14-16-20(17-15-19)12-8-6-9-13-20/h2-3,7-9,11-17,21H,4-6,10,18H2,1H3/b3-2-,11-7-. The Bertz CT molecular complexity index is 472. The van der Waals surface area contributed by atoms with Gasteiger partial charge in [-0.15, -0.1) is 0 Å². The molecule has 0 bridgehead atoms. The zero-order valence-electron chi connectivity index (χ0n) is 12.9. The topological polar surface area (TPSA) is 20.2 Å². The number of rotatable bonds is 6. The van der Waals surface area contributed by atoms with Gasteiger partial charge in [-0.3, -0.25) is 0 Å². The van der Waals surface area contributed by atoms with Crippen LogP contribution in [-0.4, -0.2) is 11.7 Å². The predicted octanol–water partition coefficient (Wildman–Crippen LogP) is 4.90. The van der Waals surface area contributed by atoms with E-state index in [1.54, 1.807) is 0 Å². The van der Waals surface area contributed by atoms with Crippen molar-refractivity contribution >= 4 is 0 Å². The summed E-state index contributed by atoms with van der Waals surface area (Å²) in [5.74, 6) is 0. The van der Waals surface area contributed by atoms with Gasteiger partial charge in [-0.25, -0.2) is 0 Å². The minimum Gasteiger partial charge on any atom is -0.396 e. The number of aliphatic hydroxyl groups excluding tert-OH is 1. The molecule has 2 aliphatic carbocycles. The van der Waals surface area contributed by atoms with Crippen LogP contribution in [0.3, 0.4) is 0 Å². The van der Waals surface area contributed by atoms with Crippen LogP contribution in [-0.2, 0) is 0 Å². The normalized spacial score (nSPS) is 22.0. The third-order valence-corrected chi connectivity index (χ3v) is 3.99. The van der Waals surface area contributed by atoms with E-state index in [2.05, 4.69) is 79.8 Å². The van der Waals surface area contributed by atoms with E-state index in [0.29, 0.717) is 0 Å². The molecule has 0 aromatic heterocycles. The fourth-order valence-corrected chi connectivity index (χ4v) is 2.59. The zero-order chi connectivity index (χ0) is 15.0. The molecular weight excluding hydrogens is 256 g/mol. The summed E-state index contributed by atoms with van der Waals surface area (Å²) in [5, 5.41) is 8.71. The van der Waals surface area contributed by atoms with Gasteiger partial charge in [-0.2, -0.15) is 0 Å². The highest BCUT2D eigenvalue weighted by Crippen LogP contribution is 2.38.